The third kappa shape index (κ3) is 2.80. The Bertz CT molecular complexity index is 803. The van der Waals surface area contributed by atoms with E-state index in [0.29, 0.717) is 28.9 Å². The van der Waals surface area contributed by atoms with Crippen molar-refractivity contribution in [2.24, 2.45) is 0 Å². The minimum absolute atomic E-state index is 0.119. The van der Waals surface area contributed by atoms with Crippen molar-refractivity contribution in [2.45, 2.75) is 19.3 Å². The zero-order chi connectivity index (χ0) is 16.7. The number of rotatable bonds is 3. The van der Waals surface area contributed by atoms with Gasteiger partial charge in [-0.05, 0) is 24.3 Å². The largest absolute Gasteiger partial charge is 0.493 e. The van der Waals surface area contributed by atoms with E-state index in [-0.39, 0.29) is 12.3 Å². The van der Waals surface area contributed by atoms with E-state index < -0.39 is 0 Å². The van der Waals surface area contributed by atoms with Gasteiger partial charge in [-0.2, -0.15) is 0 Å². The molecule has 0 unspecified atom stereocenters. The Hall–Kier alpha value is -1.91. The van der Waals surface area contributed by atoms with Gasteiger partial charge in [-0.1, -0.05) is 23.2 Å². The molecule has 6 heteroatoms. The minimum atomic E-state index is -0.119. The molecule has 2 heterocycles. The van der Waals surface area contributed by atoms with E-state index in [1.54, 1.807) is 18.2 Å². The molecule has 2 aromatic rings. The van der Waals surface area contributed by atoms with Gasteiger partial charge in [0.15, 0.2) is 0 Å². The summed E-state index contributed by atoms with van der Waals surface area (Å²) >= 11 is 11.9. The molecule has 1 amide bonds. The van der Waals surface area contributed by atoms with E-state index in [2.05, 4.69) is 5.32 Å². The first-order valence-electron chi connectivity index (χ1n) is 7.80. The third-order valence-electron chi connectivity index (χ3n) is 4.30. The Morgan fingerprint density at radius 2 is 1.92 bits per heavy atom. The highest BCUT2D eigenvalue weighted by molar-refractivity contribution is 6.42. The van der Waals surface area contributed by atoms with Gasteiger partial charge in [-0.3, -0.25) is 4.79 Å². The van der Waals surface area contributed by atoms with Crippen molar-refractivity contribution in [1.82, 2.24) is 0 Å². The quantitative estimate of drug-likeness (QED) is 0.894. The Balaban J connectivity index is 1.59. The smallest absolute Gasteiger partial charge is 0.228 e. The average Bonchev–Trinajstić information content (AvgIpc) is 3.19. The van der Waals surface area contributed by atoms with Crippen LogP contribution in [0.15, 0.2) is 24.3 Å². The number of ether oxygens (including phenoxy) is 2. The van der Waals surface area contributed by atoms with Crippen LogP contribution in [0, 0.1) is 0 Å². The summed E-state index contributed by atoms with van der Waals surface area (Å²) in [6, 6.07) is 7.08. The first-order valence-corrected chi connectivity index (χ1v) is 8.55. The van der Waals surface area contributed by atoms with Gasteiger partial charge in [-0.25, -0.2) is 0 Å². The molecule has 0 aliphatic carbocycles. The van der Waals surface area contributed by atoms with E-state index in [0.717, 1.165) is 41.0 Å². The van der Waals surface area contributed by atoms with Crippen molar-refractivity contribution in [1.29, 1.82) is 0 Å². The first kappa shape index (κ1) is 15.6. The molecule has 4 nitrogen and oxygen atoms in total. The van der Waals surface area contributed by atoms with E-state index in [9.17, 15) is 4.79 Å². The predicted molar refractivity (Wildman–Crippen MR) is 93.6 cm³/mol. The number of halogens is 2. The molecule has 0 spiro atoms. The number of fused-ring (bicyclic) bond motifs is 2. The highest BCUT2D eigenvalue weighted by atomic mass is 35.5. The minimum Gasteiger partial charge on any atom is -0.493 e. The highest BCUT2D eigenvalue weighted by Crippen LogP contribution is 2.40. The Kier molecular flexibility index (Phi) is 4.02. The molecule has 0 aromatic heterocycles. The summed E-state index contributed by atoms with van der Waals surface area (Å²) in [5.74, 6) is 1.62. The Labute approximate surface area is 149 Å². The van der Waals surface area contributed by atoms with Crippen molar-refractivity contribution in [2.75, 3.05) is 18.5 Å². The molecule has 24 heavy (non-hydrogen) atoms. The van der Waals surface area contributed by atoms with Gasteiger partial charge in [0, 0.05) is 35.2 Å². The van der Waals surface area contributed by atoms with E-state index >= 15 is 0 Å². The van der Waals surface area contributed by atoms with E-state index in [1.807, 2.05) is 6.07 Å². The Morgan fingerprint density at radius 3 is 2.75 bits per heavy atom. The van der Waals surface area contributed by atoms with Crippen molar-refractivity contribution in [3.63, 3.8) is 0 Å². The maximum atomic E-state index is 12.5. The molecule has 4 rings (SSSR count). The van der Waals surface area contributed by atoms with Gasteiger partial charge < -0.3 is 14.8 Å². The molecule has 2 aromatic carbocycles. The number of amides is 1. The molecule has 0 saturated carbocycles. The normalized spacial score (nSPS) is 14.6. The highest BCUT2D eigenvalue weighted by Gasteiger charge is 2.27. The standard InChI is InChI=1S/C18H15Cl2NO3/c19-14-2-1-11(8-15(14)20)21-17(22)9-13-12-4-6-23-16(12)7-10-3-5-24-18(10)13/h1-2,7-8H,3-6,9H2,(H,21,22). The second-order valence-corrected chi connectivity index (χ2v) is 6.69. The van der Waals surface area contributed by atoms with E-state index in [4.69, 9.17) is 32.7 Å². The van der Waals surface area contributed by atoms with Gasteiger partial charge in [-0.15, -0.1) is 0 Å². The molecular formula is C18H15Cl2NO3. The zero-order valence-electron chi connectivity index (χ0n) is 12.8. The summed E-state index contributed by atoms with van der Waals surface area (Å²) < 4.78 is 11.4. The molecule has 2 aliphatic heterocycles. The lowest BCUT2D eigenvalue weighted by atomic mass is 9.97. The van der Waals surface area contributed by atoms with Gasteiger partial charge in [0.2, 0.25) is 5.91 Å². The topological polar surface area (TPSA) is 47.6 Å². The molecule has 124 valence electrons. The van der Waals surface area contributed by atoms with Gasteiger partial charge in [0.25, 0.3) is 0 Å². The fourth-order valence-electron chi connectivity index (χ4n) is 3.21. The van der Waals surface area contributed by atoms with Crippen LogP contribution in [0.2, 0.25) is 10.0 Å². The van der Waals surface area contributed by atoms with Crippen LogP contribution in [0.4, 0.5) is 5.69 Å². The number of nitrogens with one attached hydrogen (secondary N) is 1. The van der Waals surface area contributed by atoms with Gasteiger partial charge in [0.1, 0.15) is 11.5 Å². The second-order valence-electron chi connectivity index (χ2n) is 5.87. The molecule has 1 N–H and O–H groups in total. The van der Waals surface area contributed by atoms with Crippen molar-refractivity contribution in [3.05, 3.63) is 51.0 Å². The number of benzene rings is 2. The van der Waals surface area contributed by atoms with Gasteiger partial charge >= 0.3 is 0 Å². The number of anilines is 1. The van der Waals surface area contributed by atoms with Crippen LogP contribution in [0.3, 0.4) is 0 Å². The summed E-state index contributed by atoms with van der Waals surface area (Å²) in [4.78, 5) is 12.5. The lowest BCUT2D eigenvalue weighted by Gasteiger charge is -2.13. The van der Waals surface area contributed by atoms with Gasteiger partial charge in [0.05, 0.1) is 29.7 Å². The summed E-state index contributed by atoms with van der Waals surface area (Å²) in [7, 11) is 0. The summed E-state index contributed by atoms with van der Waals surface area (Å²) in [5.41, 5.74) is 3.76. The van der Waals surface area contributed by atoms with E-state index in [1.165, 1.54) is 0 Å². The Morgan fingerprint density at radius 1 is 1.08 bits per heavy atom. The first-order chi connectivity index (χ1) is 11.6. The monoisotopic (exact) mass is 363 g/mol. The van der Waals surface area contributed by atoms with Crippen LogP contribution in [0.1, 0.15) is 16.7 Å². The summed E-state index contributed by atoms with van der Waals surface area (Å²) in [5, 5.41) is 3.73. The van der Waals surface area contributed by atoms with Crippen LogP contribution in [0.5, 0.6) is 11.5 Å². The van der Waals surface area contributed by atoms with Crippen LogP contribution in [0.25, 0.3) is 0 Å². The lowest BCUT2D eigenvalue weighted by Crippen LogP contribution is -2.16. The van der Waals surface area contributed by atoms with Crippen molar-refractivity contribution < 1.29 is 14.3 Å². The molecule has 0 bridgehead atoms. The third-order valence-corrected chi connectivity index (χ3v) is 5.04. The maximum absolute atomic E-state index is 12.5. The molecule has 2 aliphatic rings. The molecule has 0 radical (unpaired) electrons. The van der Waals surface area contributed by atoms with Crippen molar-refractivity contribution >= 4 is 34.8 Å². The van der Waals surface area contributed by atoms with Crippen LogP contribution in [-0.4, -0.2) is 19.1 Å². The lowest BCUT2D eigenvalue weighted by molar-refractivity contribution is -0.115. The molecule has 0 fully saturated rings. The number of carbonyl (C=O) groups is 1. The molecule has 0 atom stereocenters. The fourth-order valence-corrected chi connectivity index (χ4v) is 3.51. The number of hydrogen-bond donors (Lipinski definition) is 1. The summed E-state index contributed by atoms with van der Waals surface area (Å²) in [6.07, 6.45) is 1.91. The summed E-state index contributed by atoms with van der Waals surface area (Å²) in [6.45, 7) is 1.30. The average molecular weight is 364 g/mol. The number of hydrogen-bond acceptors (Lipinski definition) is 3. The molecule has 0 saturated heterocycles. The predicted octanol–water partition coefficient (Wildman–Crippen LogP) is 4.04. The SMILES string of the molecule is O=C(Cc1c2c(cc3c1OCC3)OCC2)Nc1ccc(Cl)c(Cl)c1. The fraction of sp³-hybridized carbons (Fsp3) is 0.278. The van der Waals surface area contributed by atoms with Crippen LogP contribution >= 0.6 is 23.2 Å². The second kappa shape index (κ2) is 6.19. The number of carbonyl (C=O) groups excluding carboxylic acids is 1. The van der Waals surface area contributed by atoms with Crippen LogP contribution < -0.4 is 14.8 Å². The van der Waals surface area contributed by atoms with Crippen LogP contribution in [-0.2, 0) is 24.1 Å². The van der Waals surface area contributed by atoms with Crippen molar-refractivity contribution in [3.8, 4) is 11.5 Å². The molecular weight excluding hydrogens is 349 g/mol. The zero-order valence-corrected chi connectivity index (χ0v) is 14.3. The maximum Gasteiger partial charge on any atom is 0.228 e.